The number of nitrogens with zero attached hydrogens (tertiary/aromatic N) is 1. The van der Waals surface area contributed by atoms with Crippen LogP contribution in [0.3, 0.4) is 0 Å². The molecule has 0 atom stereocenters. The number of benzene rings is 1. The van der Waals surface area contributed by atoms with Gasteiger partial charge in [0.25, 0.3) is 10.0 Å². The summed E-state index contributed by atoms with van der Waals surface area (Å²) in [7, 11) is -3.79. The highest BCUT2D eigenvalue weighted by Gasteiger charge is 2.21. The number of H-pyrrole nitrogens is 1. The van der Waals surface area contributed by atoms with E-state index >= 15 is 0 Å². The molecule has 1 aromatic carbocycles. The molecule has 0 aliphatic carbocycles. The largest absolute Gasteiger partial charge is 0.280 e. The van der Waals surface area contributed by atoms with Crippen molar-refractivity contribution in [2.24, 2.45) is 0 Å². The van der Waals surface area contributed by atoms with Gasteiger partial charge in [-0.3, -0.25) is 9.82 Å². The third kappa shape index (κ3) is 3.41. The first-order chi connectivity index (χ1) is 9.59. The number of aryl methyl sites for hydroxylation is 1. The summed E-state index contributed by atoms with van der Waals surface area (Å²) in [6.07, 6.45) is 0. The van der Waals surface area contributed by atoms with Crippen molar-refractivity contribution < 1.29 is 12.8 Å². The molecule has 2 aromatic rings. The van der Waals surface area contributed by atoms with Crippen LogP contribution < -0.4 is 4.72 Å². The van der Waals surface area contributed by atoms with Gasteiger partial charge in [0.2, 0.25) is 0 Å². The predicted molar refractivity (Wildman–Crippen MR) is 79.2 cm³/mol. The summed E-state index contributed by atoms with van der Waals surface area (Å²) < 4.78 is 40.1. The molecule has 0 aliphatic rings. The minimum atomic E-state index is -3.79. The SMILES string of the molecule is Cc1cc(F)ccc1S(=O)(=O)Nc1cc(C(C)(C)C)[nH]n1. The first kappa shape index (κ1) is 15.5. The maximum atomic E-state index is 13.1. The maximum Gasteiger partial charge on any atom is 0.263 e. The molecule has 1 heterocycles. The second-order valence-corrected chi connectivity index (χ2v) is 7.58. The van der Waals surface area contributed by atoms with Gasteiger partial charge in [-0.1, -0.05) is 20.8 Å². The molecule has 0 radical (unpaired) electrons. The Balaban J connectivity index is 2.31. The second kappa shape index (κ2) is 5.14. The molecule has 0 fully saturated rings. The molecule has 7 heteroatoms. The lowest BCUT2D eigenvalue weighted by Gasteiger charge is -2.14. The molecule has 0 unspecified atom stereocenters. The molecule has 0 bridgehead atoms. The van der Waals surface area contributed by atoms with Crippen molar-refractivity contribution in [3.63, 3.8) is 0 Å². The molecule has 2 N–H and O–H groups in total. The maximum absolute atomic E-state index is 13.1. The Morgan fingerprint density at radius 2 is 1.90 bits per heavy atom. The van der Waals surface area contributed by atoms with Crippen LogP contribution in [0.1, 0.15) is 32.0 Å². The van der Waals surface area contributed by atoms with E-state index in [2.05, 4.69) is 14.9 Å². The Bertz CT molecular complexity index is 761. The summed E-state index contributed by atoms with van der Waals surface area (Å²) in [6, 6.07) is 5.19. The van der Waals surface area contributed by atoms with E-state index in [1.165, 1.54) is 12.1 Å². The van der Waals surface area contributed by atoms with E-state index in [9.17, 15) is 12.8 Å². The highest BCUT2D eigenvalue weighted by molar-refractivity contribution is 7.92. The van der Waals surface area contributed by atoms with E-state index < -0.39 is 15.8 Å². The monoisotopic (exact) mass is 311 g/mol. The summed E-state index contributed by atoms with van der Waals surface area (Å²) in [5.74, 6) is -0.259. The number of aromatic nitrogens is 2. The molecule has 0 saturated heterocycles. The molecule has 0 amide bonds. The van der Waals surface area contributed by atoms with E-state index in [-0.39, 0.29) is 16.1 Å². The topological polar surface area (TPSA) is 74.8 Å². The van der Waals surface area contributed by atoms with Gasteiger partial charge in [0.05, 0.1) is 4.90 Å². The molecule has 21 heavy (non-hydrogen) atoms. The van der Waals surface area contributed by atoms with Gasteiger partial charge in [-0.2, -0.15) is 5.10 Å². The number of hydrogen-bond donors (Lipinski definition) is 2. The molecule has 0 saturated carbocycles. The third-order valence-corrected chi connectivity index (χ3v) is 4.57. The average molecular weight is 311 g/mol. The number of hydrogen-bond acceptors (Lipinski definition) is 3. The van der Waals surface area contributed by atoms with Gasteiger partial charge in [0, 0.05) is 17.2 Å². The smallest absolute Gasteiger partial charge is 0.263 e. The third-order valence-electron chi connectivity index (χ3n) is 3.05. The molecular weight excluding hydrogens is 293 g/mol. The zero-order chi connectivity index (χ0) is 15.8. The lowest BCUT2D eigenvalue weighted by Crippen LogP contribution is -2.14. The number of aromatic amines is 1. The zero-order valence-corrected chi connectivity index (χ0v) is 13.2. The van der Waals surface area contributed by atoms with Crippen LogP contribution in [-0.4, -0.2) is 18.6 Å². The van der Waals surface area contributed by atoms with Crippen molar-refractivity contribution in [2.75, 3.05) is 4.72 Å². The molecule has 5 nitrogen and oxygen atoms in total. The normalized spacial score (nSPS) is 12.4. The molecule has 2 rings (SSSR count). The molecule has 114 valence electrons. The highest BCUT2D eigenvalue weighted by atomic mass is 32.2. The van der Waals surface area contributed by atoms with Gasteiger partial charge in [-0.15, -0.1) is 0 Å². The molecule has 0 spiro atoms. The van der Waals surface area contributed by atoms with Crippen molar-refractivity contribution in [3.8, 4) is 0 Å². The Morgan fingerprint density at radius 1 is 1.24 bits per heavy atom. The van der Waals surface area contributed by atoms with Gasteiger partial charge >= 0.3 is 0 Å². The van der Waals surface area contributed by atoms with Crippen molar-refractivity contribution in [3.05, 3.63) is 41.3 Å². The van der Waals surface area contributed by atoms with Crippen molar-refractivity contribution in [1.29, 1.82) is 0 Å². The summed E-state index contributed by atoms with van der Waals surface area (Å²) in [5.41, 5.74) is 0.993. The van der Waals surface area contributed by atoms with Gasteiger partial charge in [0.15, 0.2) is 5.82 Å². The fourth-order valence-corrected chi connectivity index (χ4v) is 3.09. The minimum absolute atomic E-state index is 0.0317. The van der Waals surface area contributed by atoms with E-state index in [1.54, 1.807) is 13.0 Å². The number of rotatable bonds is 3. The van der Waals surface area contributed by atoms with E-state index in [4.69, 9.17) is 0 Å². The molecule has 1 aromatic heterocycles. The average Bonchev–Trinajstić information content (AvgIpc) is 2.75. The van der Waals surface area contributed by atoms with Crippen molar-refractivity contribution in [1.82, 2.24) is 10.2 Å². The van der Waals surface area contributed by atoms with Crippen LogP contribution in [0.15, 0.2) is 29.2 Å². The van der Waals surface area contributed by atoms with Gasteiger partial charge in [-0.05, 0) is 30.7 Å². The number of nitrogens with one attached hydrogen (secondary N) is 2. The van der Waals surface area contributed by atoms with Crippen molar-refractivity contribution >= 4 is 15.8 Å². The lowest BCUT2D eigenvalue weighted by atomic mass is 9.92. The highest BCUT2D eigenvalue weighted by Crippen LogP contribution is 2.24. The summed E-state index contributed by atoms with van der Waals surface area (Å²) in [5, 5.41) is 6.76. The number of sulfonamides is 1. The van der Waals surface area contributed by atoms with Gasteiger partial charge < -0.3 is 0 Å². The first-order valence-corrected chi connectivity index (χ1v) is 7.93. The van der Waals surface area contributed by atoms with Gasteiger partial charge in [0.1, 0.15) is 5.82 Å². The summed E-state index contributed by atoms with van der Waals surface area (Å²) >= 11 is 0. The summed E-state index contributed by atoms with van der Waals surface area (Å²) in [6.45, 7) is 7.51. The van der Waals surface area contributed by atoms with Crippen LogP contribution >= 0.6 is 0 Å². The van der Waals surface area contributed by atoms with Crippen LogP contribution in [0.2, 0.25) is 0 Å². The number of halogens is 1. The summed E-state index contributed by atoms with van der Waals surface area (Å²) in [4.78, 5) is 0.0317. The van der Waals surface area contributed by atoms with Crippen LogP contribution in [-0.2, 0) is 15.4 Å². The fraction of sp³-hybridized carbons (Fsp3) is 0.357. The Labute approximate surface area is 123 Å². The van der Waals surface area contributed by atoms with E-state index in [0.717, 1.165) is 11.8 Å². The Morgan fingerprint density at radius 3 is 2.43 bits per heavy atom. The second-order valence-electron chi connectivity index (χ2n) is 5.93. The Kier molecular flexibility index (Phi) is 3.79. The lowest BCUT2D eigenvalue weighted by molar-refractivity contribution is 0.567. The zero-order valence-electron chi connectivity index (χ0n) is 12.4. The number of anilines is 1. The van der Waals surface area contributed by atoms with Crippen LogP contribution in [0.5, 0.6) is 0 Å². The minimum Gasteiger partial charge on any atom is -0.280 e. The van der Waals surface area contributed by atoms with E-state index in [1.807, 2.05) is 20.8 Å². The van der Waals surface area contributed by atoms with E-state index in [0.29, 0.717) is 5.56 Å². The van der Waals surface area contributed by atoms with Crippen LogP contribution in [0.4, 0.5) is 10.2 Å². The molecule has 0 aliphatic heterocycles. The Hall–Kier alpha value is -1.89. The van der Waals surface area contributed by atoms with Crippen LogP contribution in [0, 0.1) is 12.7 Å². The molecular formula is C14H18FN3O2S. The van der Waals surface area contributed by atoms with Crippen molar-refractivity contribution in [2.45, 2.75) is 38.0 Å². The predicted octanol–water partition coefficient (Wildman–Crippen LogP) is 2.96. The quantitative estimate of drug-likeness (QED) is 0.915. The standard InChI is InChI=1S/C14H18FN3O2S/c1-9-7-10(15)5-6-11(9)21(19,20)18-13-8-12(16-17-13)14(2,3)4/h5-8H,1-4H3,(H2,16,17,18). The van der Waals surface area contributed by atoms with Gasteiger partial charge in [-0.25, -0.2) is 12.8 Å². The first-order valence-electron chi connectivity index (χ1n) is 6.44. The fourth-order valence-electron chi connectivity index (χ4n) is 1.87. The van der Waals surface area contributed by atoms with Crippen LogP contribution in [0.25, 0.3) is 0 Å².